The Balaban J connectivity index is 2.57. The van der Waals surface area contributed by atoms with Crippen LogP contribution in [0.3, 0.4) is 0 Å². The molecule has 0 aliphatic rings. The summed E-state index contributed by atoms with van der Waals surface area (Å²) in [5, 5.41) is 3.75. The Labute approximate surface area is 105 Å². The molecule has 1 N–H and O–H groups in total. The van der Waals surface area contributed by atoms with Crippen molar-refractivity contribution in [3.05, 3.63) is 34.7 Å². The summed E-state index contributed by atoms with van der Waals surface area (Å²) in [4.78, 5) is 16.8. The van der Waals surface area contributed by atoms with Gasteiger partial charge in [0.25, 0.3) is 0 Å². The number of thiazole rings is 1. The van der Waals surface area contributed by atoms with Crippen molar-refractivity contribution >= 4 is 22.3 Å². The van der Waals surface area contributed by atoms with Gasteiger partial charge in [0, 0.05) is 19.5 Å². The summed E-state index contributed by atoms with van der Waals surface area (Å²) < 4.78 is 0. The Hall–Kier alpha value is -1.68. The first-order valence-electron chi connectivity index (χ1n) is 5.38. The standard InChI is InChI=1S/C13H14N2OS/c1-8-5-4-6-10(7-8)11-12(9(2)16)17-13(14-3)15-11/h4-7H,1-3H3,(H,14,15). The lowest BCUT2D eigenvalue weighted by Crippen LogP contribution is -1.92. The minimum Gasteiger partial charge on any atom is -0.365 e. The van der Waals surface area contributed by atoms with Crippen LogP contribution in [0.4, 0.5) is 5.13 Å². The number of hydrogen-bond donors (Lipinski definition) is 1. The molecule has 3 nitrogen and oxygen atoms in total. The Bertz CT molecular complexity index is 560. The van der Waals surface area contributed by atoms with E-state index in [0.717, 1.165) is 22.0 Å². The summed E-state index contributed by atoms with van der Waals surface area (Å²) >= 11 is 1.40. The molecule has 2 aromatic rings. The number of nitrogens with zero attached hydrogens (tertiary/aromatic N) is 1. The maximum atomic E-state index is 11.6. The topological polar surface area (TPSA) is 42.0 Å². The van der Waals surface area contributed by atoms with Gasteiger partial charge in [-0.3, -0.25) is 4.79 Å². The molecule has 88 valence electrons. The predicted octanol–water partition coefficient (Wildman–Crippen LogP) is 3.36. The molecule has 0 amide bonds. The van der Waals surface area contributed by atoms with E-state index in [2.05, 4.69) is 10.3 Å². The van der Waals surface area contributed by atoms with Crippen LogP contribution >= 0.6 is 11.3 Å². The molecule has 1 aromatic carbocycles. The average molecular weight is 246 g/mol. The van der Waals surface area contributed by atoms with Crippen LogP contribution in [0, 0.1) is 6.92 Å². The lowest BCUT2D eigenvalue weighted by molar-refractivity contribution is 0.102. The average Bonchev–Trinajstić information content (AvgIpc) is 2.73. The van der Waals surface area contributed by atoms with Crippen molar-refractivity contribution in [3.63, 3.8) is 0 Å². The van der Waals surface area contributed by atoms with E-state index in [1.165, 1.54) is 11.3 Å². The number of nitrogens with one attached hydrogen (secondary N) is 1. The number of anilines is 1. The quantitative estimate of drug-likeness (QED) is 0.844. The minimum absolute atomic E-state index is 0.0560. The first kappa shape index (κ1) is 11.8. The molecule has 1 heterocycles. The number of hydrogen-bond acceptors (Lipinski definition) is 4. The summed E-state index contributed by atoms with van der Waals surface area (Å²) in [6, 6.07) is 8.03. The van der Waals surface area contributed by atoms with E-state index in [4.69, 9.17) is 0 Å². The Morgan fingerprint density at radius 3 is 2.76 bits per heavy atom. The fourth-order valence-corrected chi connectivity index (χ4v) is 2.49. The molecular weight excluding hydrogens is 232 g/mol. The largest absolute Gasteiger partial charge is 0.365 e. The number of carbonyl (C=O) groups excluding carboxylic acids is 1. The highest BCUT2D eigenvalue weighted by Gasteiger charge is 2.15. The van der Waals surface area contributed by atoms with Crippen LogP contribution in [0.5, 0.6) is 0 Å². The van der Waals surface area contributed by atoms with Crippen molar-refractivity contribution in [2.45, 2.75) is 13.8 Å². The zero-order chi connectivity index (χ0) is 12.4. The first-order chi connectivity index (χ1) is 8.11. The van der Waals surface area contributed by atoms with Crippen LogP contribution in [-0.2, 0) is 0 Å². The molecule has 0 radical (unpaired) electrons. The van der Waals surface area contributed by atoms with E-state index in [0.29, 0.717) is 4.88 Å². The van der Waals surface area contributed by atoms with Gasteiger partial charge in [0.05, 0.1) is 10.6 Å². The molecule has 0 spiro atoms. The van der Waals surface area contributed by atoms with Gasteiger partial charge in [0.1, 0.15) is 0 Å². The number of benzene rings is 1. The van der Waals surface area contributed by atoms with Gasteiger partial charge in [-0.25, -0.2) is 4.98 Å². The summed E-state index contributed by atoms with van der Waals surface area (Å²) in [5.74, 6) is 0.0560. The number of Topliss-reactive ketones (excluding diaryl/α,β-unsaturated/α-hetero) is 1. The second-order valence-electron chi connectivity index (χ2n) is 3.87. The third kappa shape index (κ3) is 2.36. The zero-order valence-corrected chi connectivity index (χ0v) is 10.9. The maximum Gasteiger partial charge on any atom is 0.183 e. The molecule has 0 aliphatic carbocycles. The first-order valence-corrected chi connectivity index (χ1v) is 6.20. The van der Waals surface area contributed by atoms with Crippen molar-refractivity contribution in [1.29, 1.82) is 0 Å². The van der Waals surface area contributed by atoms with Gasteiger partial charge < -0.3 is 5.32 Å². The molecule has 0 fully saturated rings. The van der Waals surface area contributed by atoms with Gasteiger partial charge in [-0.15, -0.1) is 0 Å². The molecule has 0 aliphatic heterocycles. The van der Waals surface area contributed by atoms with Gasteiger partial charge >= 0.3 is 0 Å². The smallest absolute Gasteiger partial charge is 0.183 e. The fourth-order valence-electron chi connectivity index (χ4n) is 1.65. The van der Waals surface area contributed by atoms with Crippen molar-refractivity contribution in [3.8, 4) is 11.3 Å². The molecule has 0 saturated heterocycles. The number of aryl methyl sites for hydroxylation is 1. The molecule has 0 bridgehead atoms. The van der Waals surface area contributed by atoms with Crippen LogP contribution in [0.2, 0.25) is 0 Å². The lowest BCUT2D eigenvalue weighted by Gasteiger charge is -2.00. The predicted molar refractivity (Wildman–Crippen MR) is 71.8 cm³/mol. The molecule has 1 aromatic heterocycles. The Morgan fingerprint density at radius 1 is 1.41 bits per heavy atom. The molecule has 0 atom stereocenters. The van der Waals surface area contributed by atoms with Crippen molar-refractivity contribution < 1.29 is 4.79 Å². The van der Waals surface area contributed by atoms with Gasteiger partial charge in [0.2, 0.25) is 0 Å². The molecule has 2 rings (SSSR count). The number of aromatic nitrogens is 1. The number of ketones is 1. The third-order valence-corrected chi connectivity index (χ3v) is 3.63. The molecule has 4 heteroatoms. The summed E-state index contributed by atoms with van der Waals surface area (Å²) in [7, 11) is 1.81. The minimum atomic E-state index is 0.0560. The summed E-state index contributed by atoms with van der Waals surface area (Å²) in [6.45, 7) is 3.61. The number of carbonyl (C=O) groups is 1. The summed E-state index contributed by atoms with van der Waals surface area (Å²) in [5.41, 5.74) is 2.93. The van der Waals surface area contributed by atoms with Crippen LogP contribution in [-0.4, -0.2) is 17.8 Å². The van der Waals surface area contributed by atoms with Gasteiger partial charge in [-0.1, -0.05) is 35.1 Å². The van der Waals surface area contributed by atoms with Crippen molar-refractivity contribution in [1.82, 2.24) is 4.98 Å². The normalized spacial score (nSPS) is 10.3. The second-order valence-corrected chi connectivity index (χ2v) is 4.87. The maximum absolute atomic E-state index is 11.6. The van der Waals surface area contributed by atoms with Crippen molar-refractivity contribution in [2.75, 3.05) is 12.4 Å². The van der Waals surface area contributed by atoms with E-state index in [1.807, 2.05) is 38.2 Å². The van der Waals surface area contributed by atoms with Crippen LogP contribution in [0.1, 0.15) is 22.2 Å². The second kappa shape index (κ2) is 4.67. The number of rotatable bonds is 3. The fraction of sp³-hybridized carbons (Fsp3) is 0.231. The van der Waals surface area contributed by atoms with E-state index in [-0.39, 0.29) is 5.78 Å². The van der Waals surface area contributed by atoms with Crippen LogP contribution in [0.15, 0.2) is 24.3 Å². The van der Waals surface area contributed by atoms with E-state index < -0.39 is 0 Å². The van der Waals surface area contributed by atoms with E-state index in [9.17, 15) is 4.79 Å². The van der Waals surface area contributed by atoms with Gasteiger partial charge in [-0.2, -0.15) is 0 Å². The van der Waals surface area contributed by atoms with Gasteiger partial charge in [0.15, 0.2) is 10.9 Å². The molecule has 17 heavy (non-hydrogen) atoms. The van der Waals surface area contributed by atoms with E-state index >= 15 is 0 Å². The SMILES string of the molecule is CNc1nc(-c2cccc(C)c2)c(C(C)=O)s1. The molecule has 0 saturated carbocycles. The third-order valence-electron chi connectivity index (χ3n) is 2.45. The highest BCUT2D eigenvalue weighted by molar-refractivity contribution is 7.18. The Kier molecular flexibility index (Phi) is 3.24. The highest BCUT2D eigenvalue weighted by Crippen LogP contribution is 2.31. The van der Waals surface area contributed by atoms with Crippen LogP contribution in [0.25, 0.3) is 11.3 Å². The van der Waals surface area contributed by atoms with E-state index in [1.54, 1.807) is 6.92 Å². The lowest BCUT2D eigenvalue weighted by atomic mass is 10.1. The van der Waals surface area contributed by atoms with Crippen molar-refractivity contribution in [2.24, 2.45) is 0 Å². The molecular formula is C13H14N2OS. The highest BCUT2D eigenvalue weighted by atomic mass is 32.1. The van der Waals surface area contributed by atoms with Gasteiger partial charge in [-0.05, 0) is 13.0 Å². The molecule has 0 unspecified atom stereocenters. The Morgan fingerprint density at radius 2 is 2.18 bits per heavy atom. The zero-order valence-electron chi connectivity index (χ0n) is 10.1. The van der Waals surface area contributed by atoms with Crippen LogP contribution < -0.4 is 5.32 Å². The monoisotopic (exact) mass is 246 g/mol. The summed E-state index contributed by atoms with van der Waals surface area (Å²) in [6.07, 6.45) is 0.